The summed E-state index contributed by atoms with van der Waals surface area (Å²) >= 11 is 0. The summed E-state index contributed by atoms with van der Waals surface area (Å²) < 4.78 is 19.1. The molecule has 4 N–H and O–H groups in total. The molecule has 0 saturated carbocycles. The smallest absolute Gasteiger partial charge is 0.220 e. The molecule has 1 heterocycles. The largest absolute Gasteiger partial charge is 0.394 e. The molecule has 0 aliphatic carbocycles. The van der Waals surface area contributed by atoms with Gasteiger partial charge in [0.25, 0.3) is 0 Å². The number of benzene rings is 2. The van der Waals surface area contributed by atoms with Crippen molar-refractivity contribution in [3.05, 3.63) is 71.8 Å². The minimum Gasteiger partial charge on any atom is -0.394 e. The van der Waals surface area contributed by atoms with Crippen LogP contribution in [0.5, 0.6) is 0 Å². The Balaban J connectivity index is 1.89. The van der Waals surface area contributed by atoms with E-state index in [1.54, 1.807) is 0 Å². The summed E-state index contributed by atoms with van der Waals surface area (Å²) in [7, 11) is 0. The second-order valence-electron chi connectivity index (χ2n) is 7.75. The van der Waals surface area contributed by atoms with E-state index >= 15 is 0 Å². The molecule has 1 aliphatic rings. The van der Waals surface area contributed by atoms with Gasteiger partial charge in [-0.15, -0.1) is 0 Å². The molecular weight excluding hydrogens is 398 g/mol. The van der Waals surface area contributed by atoms with E-state index in [1.165, 1.54) is 0 Å². The van der Waals surface area contributed by atoms with Crippen LogP contribution in [0.2, 0.25) is 0 Å². The highest BCUT2D eigenvalue weighted by Gasteiger charge is 2.54. The summed E-state index contributed by atoms with van der Waals surface area (Å²) in [6.07, 6.45) is -2.91. The van der Waals surface area contributed by atoms with Gasteiger partial charge in [0.2, 0.25) is 5.91 Å². The van der Waals surface area contributed by atoms with Crippen molar-refractivity contribution in [3.63, 3.8) is 0 Å². The van der Waals surface area contributed by atoms with Gasteiger partial charge in [-0.25, -0.2) is 0 Å². The molecule has 0 aromatic heterocycles. The Hall–Kier alpha value is -2.29. The van der Waals surface area contributed by atoms with Gasteiger partial charge < -0.3 is 30.1 Å². The van der Waals surface area contributed by atoms with Crippen LogP contribution < -0.4 is 5.32 Å². The summed E-state index contributed by atoms with van der Waals surface area (Å²) in [5.41, 5.74) is 1.62. The van der Waals surface area contributed by atoms with Crippen LogP contribution in [0.25, 0.3) is 0 Å². The number of carbonyl (C=O) groups is 1. The molecule has 1 fully saturated rings. The van der Waals surface area contributed by atoms with Gasteiger partial charge in [-0.1, -0.05) is 67.6 Å². The highest BCUT2D eigenvalue weighted by atomic mass is 16.7. The molecule has 7 heteroatoms. The molecule has 3 rings (SSSR count). The van der Waals surface area contributed by atoms with Crippen molar-refractivity contribution in [2.45, 2.75) is 62.9 Å². The molecule has 2 aromatic carbocycles. The molecule has 1 aliphatic heterocycles. The van der Waals surface area contributed by atoms with Crippen LogP contribution in [-0.4, -0.2) is 58.0 Å². The van der Waals surface area contributed by atoms with Crippen molar-refractivity contribution in [1.29, 1.82) is 0 Å². The zero-order chi connectivity index (χ0) is 23.0. The number of hydrogen-bond donors (Lipinski definition) is 4. The first-order chi connectivity index (χ1) is 15.5. The van der Waals surface area contributed by atoms with E-state index in [0.29, 0.717) is 6.42 Å². The maximum absolute atomic E-state index is 12.5. The fourth-order valence-corrected chi connectivity index (χ4v) is 3.82. The fraction of sp³-hybridized carbons (Fsp3) is 0.458. The molecule has 168 valence electrons. The van der Waals surface area contributed by atoms with Gasteiger partial charge >= 0.3 is 0 Å². The van der Waals surface area contributed by atoms with Crippen molar-refractivity contribution in [3.8, 4) is 0 Å². The highest BCUT2D eigenvalue weighted by Crippen LogP contribution is 2.33. The molecule has 1 amide bonds. The van der Waals surface area contributed by atoms with Crippen LogP contribution >= 0.6 is 0 Å². The Morgan fingerprint density at radius 3 is 2.42 bits per heavy atom. The summed E-state index contributed by atoms with van der Waals surface area (Å²) in [5, 5.41) is 35.0. The van der Waals surface area contributed by atoms with Gasteiger partial charge in [0.05, 0.1) is 13.2 Å². The molecule has 1 saturated heterocycles. The predicted molar refractivity (Wildman–Crippen MR) is 115 cm³/mol. The molecule has 0 bridgehead atoms. The zero-order valence-corrected chi connectivity index (χ0v) is 17.4. The van der Waals surface area contributed by atoms with Crippen LogP contribution in [0.4, 0.5) is 0 Å². The number of hydrogen-bond acceptors (Lipinski definition) is 6. The maximum atomic E-state index is 12.5. The molecule has 31 heavy (non-hydrogen) atoms. The first kappa shape index (κ1) is 21.9. The number of aliphatic hydroxyl groups is 3. The van der Waals surface area contributed by atoms with Gasteiger partial charge in [-0.3, -0.25) is 4.79 Å². The van der Waals surface area contributed by atoms with Gasteiger partial charge in [0, 0.05) is 14.2 Å². The minimum absolute atomic E-state index is 0.0195. The number of aliphatic hydroxyl groups excluding tert-OH is 2. The van der Waals surface area contributed by atoms with Crippen molar-refractivity contribution in [2.75, 3.05) is 6.61 Å². The average Bonchev–Trinajstić information content (AvgIpc) is 2.81. The predicted octanol–water partition coefficient (Wildman–Crippen LogP) is 1.54. The molecule has 0 spiro atoms. The first-order valence-electron chi connectivity index (χ1n) is 11.1. The highest BCUT2D eigenvalue weighted by molar-refractivity contribution is 5.76. The van der Waals surface area contributed by atoms with Crippen molar-refractivity contribution < 1.29 is 31.0 Å². The third-order valence-electron chi connectivity index (χ3n) is 5.37. The van der Waals surface area contributed by atoms with Gasteiger partial charge in [-0.2, -0.15) is 0 Å². The van der Waals surface area contributed by atoms with E-state index in [0.717, 1.165) is 11.1 Å². The SMILES string of the molecule is [2H]CCCC(=O)N[C@@H]1[C@@H](OCc2ccccc2)[C@H](O)[C@@H](CO)OC1(O)Cc1ccccc1. The van der Waals surface area contributed by atoms with Gasteiger partial charge in [-0.05, 0) is 17.5 Å². The van der Waals surface area contributed by atoms with Crippen LogP contribution in [0.15, 0.2) is 60.7 Å². The van der Waals surface area contributed by atoms with Crippen molar-refractivity contribution in [1.82, 2.24) is 5.32 Å². The molecular formula is C24H31NO6. The van der Waals surface area contributed by atoms with Crippen molar-refractivity contribution >= 4 is 5.91 Å². The Bertz CT molecular complexity index is 839. The summed E-state index contributed by atoms with van der Waals surface area (Å²) in [5.74, 6) is -2.30. The number of amides is 1. The Morgan fingerprint density at radius 1 is 1.16 bits per heavy atom. The zero-order valence-electron chi connectivity index (χ0n) is 18.4. The molecule has 0 radical (unpaired) electrons. The topological polar surface area (TPSA) is 108 Å². The number of ether oxygens (including phenoxy) is 2. The van der Waals surface area contributed by atoms with Crippen LogP contribution in [-0.2, 0) is 27.3 Å². The van der Waals surface area contributed by atoms with E-state index in [1.807, 2.05) is 60.7 Å². The number of rotatable bonds is 9. The second kappa shape index (κ2) is 10.8. The molecule has 7 nitrogen and oxygen atoms in total. The van der Waals surface area contributed by atoms with Crippen LogP contribution in [0, 0.1) is 0 Å². The monoisotopic (exact) mass is 430 g/mol. The second-order valence-corrected chi connectivity index (χ2v) is 7.75. The normalized spacial score (nSPS) is 28.7. The van der Waals surface area contributed by atoms with E-state index in [2.05, 4.69) is 5.32 Å². The average molecular weight is 431 g/mol. The lowest BCUT2D eigenvalue weighted by Gasteiger charge is -2.49. The molecule has 2 aromatic rings. The van der Waals surface area contributed by atoms with Crippen LogP contribution in [0.1, 0.15) is 32.2 Å². The Morgan fingerprint density at radius 2 is 1.81 bits per heavy atom. The summed E-state index contributed by atoms with van der Waals surface area (Å²) in [4.78, 5) is 12.5. The summed E-state index contributed by atoms with van der Waals surface area (Å²) in [6, 6.07) is 17.4. The lowest BCUT2D eigenvalue weighted by atomic mass is 9.86. The third-order valence-corrected chi connectivity index (χ3v) is 5.37. The Labute approximate surface area is 184 Å². The van der Waals surface area contributed by atoms with E-state index in [9.17, 15) is 20.1 Å². The molecule has 5 atom stereocenters. The fourth-order valence-electron chi connectivity index (χ4n) is 3.82. The lowest BCUT2D eigenvalue weighted by molar-refractivity contribution is -0.323. The minimum atomic E-state index is -1.92. The van der Waals surface area contributed by atoms with Crippen LogP contribution in [0.3, 0.4) is 0 Å². The third kappa shape index (κ3) is 5.90. The Kier molecular flexibility index (Phi) is 7.66. The number of carbonyl (C=O) groups excluding carboxylic acids is 1. The maximum Gasteiger partial charge on any atom is 0.220 e. The van der Waals surface area contributed by atoms with E-state index < -0.39 is 36.7 Å². The van der Waals surface area contributed by atoms with E-state index in [-0.39, 0.29) is 32.3 Å². The quantitative estimate of drug-likeness (QED) is 0.481. The number of nitrogens with one attached hydrogen (secondary N) is 1. The van der Waals surface area contributed by atoms with E-state index in [4.69, 9.17) is 10.8 Å². The standard InChI is InChI=1S/C24H31NO6/c1-2-9-20(27)25-23-22(30-16-18-12-7-4-8-13-18)21(28)19(15-26)31-24(23,29)14-17-10-5-3-6-11-17/h3-8,10-13,19,21-23,26,28-29H,2,9,14-16H2,1H3,(H,25,27)/t19-,21-,22+,23-,24?/m1/s1/i1D. The van der Waals surface area contributed by atoms with Gasteiger partial charge in [0.1, 0.15) is 24.4 Å². The summed E-state index contributed by atoms with van der Waals surface area (Å²) in [6.45, 7) is -0.282. The lowest BCUT2D eigenvalue weighted by Crippen LogP contribution is -2.71. The molecule has 1 unspecified atom stereocenters. The first-order valence-corrected chi connectivity index (χ1v) is 10.4. The van der Waals surface area contributed by atoms with Crippen molar-refractivity contribution in [2.24, 2.45) is 0 Å². The van der Waals surface area contributed by atoms with Gasteiger partial charge in [0.15, 0.2) is 5.79 Å².